The zero-order valence-electron chi connectivity index (χ0n) is 26.9. The minimum atomic E-state index is -3.44. The summed E-state index contributed by atoms with van der Waals surface area (Å²) in [6.45, 7) is -0.0457. The second kappa shape index (κ2) is 17.9. The van der Waals surface area contributed by atoms with Crippen molar-refractivity contribution in [1.82, 2.24) is 20.9 Å². The van der Waals surface area contributed by atoms with Crippen molar-refractivity contribution in [2.24, 2.45) is 0 Å². The van der Waals surface area contributed by atoms with Crippen LogP contribution < -0.4 is 16.0 Å². The highest BCUT2D eigenvalue weighted by Crippen LogP contribution is 2.18. The zero-order chi connectivity index (χ0) is 34.4. The van der Waals surface area contributed by atoms with Crippen LogP contribution >= 0.6 is 0 Å². The van der Waals surface area contributed by atoms with E-state index >= 15 is 0 Å². The second-order valence-electron chi connectivity index (χ2n) is 11.7. The summed E-state index contributed by atoms with van der Waals surface area (Å²) in [4.78, 5) is 53.7. The predicted octanol–water partition coefficient (Wildman–Crippen LogP) is 2.96. The summed E-state index contributed by atoms with van der Waals surface area (Å²) in [6, 6.07) is 25.7. The number of benzene rings is 3. The number of amides is 3. The third-order valence-electron chi connectivity index (χ3n) is 7.85. The number of ketones is 1. The van der Waals surface area contributed by atoms with E-state index in [4.69, 9.17) is 4.74 Å². The highest BCUT2D eigenvalue weighted by Gasteiger charge is 2.34. The Kier molecular flexibility index (Phi) is 13.5. The molecule has 0 saturated carbocycles. The van der Waals surface area contributed by atoms with E-state index in [1.54, 1.807) is 0 Å². The maximum absolute atomic E-state index is 13.7. The number of carbonyl (C=O) groups is 4. The SMILES string of the molecule is CS(=O)(=O)/C=C/C(Cc1ccccc1)NC(=O)C(Cc1ccccc1)NCC(=O)C1CCCN1C(=O)CNC(=O)OCc1ccccc1. The Morgan fingerprint density at radius 3 is 2.04 bits per heavy atom. The van der Waals surface area contributed by atoms with Crippen LogP contribution in [-0.2, 0) is 48.4 Å². The Bertz CT molecular complexity index is 1650. The van der Waals surface area contributed by atoms with Crippen molar-refractivity contribution < 1.29 is 32.3 Å². The standard InChI is InChI=1S/C36H42N4O7S/c1-48(45,46)21-19-30(22-27-12-5-2-6-13-27)39-35(43)31(23-28-14-7-3-8-15-28)37-24-33(41)32-18-11-20-40(32)34(42)25-38-36(44)47-26-29-16-9-4-10-17-29/h2-10,12-17,19,21,30-32,37H,11,18,20,22-26H2,1H3,(H,38,44)(H,39,43)/b21-19+. The van der Waals surface area contributed by atoms with Crippen molar-refractivity contribution in [3.8, 4) is 0 Å². The van der Waals surface area contributed by atoms with Crippen molar-refractivity contribution in [1.29, 1.82) is 0 Å². The number of rotatable bonds is 16. The fraction of sp³-hybridized carbons (Fsp3) is 0.333. The number of nitrogens with one attached hydrogen (secondary N) is 3. The molecule has 3 unspecified atom stereocenters. The number of sulfone groups is 1. The number of likely N-dealkylation sites (tertiary alicyclic amines) is 1. The van der Waals surface area contributed by atoms with Crippen LogP contribution in [-0.4, -0.2) is 81.0 Å². The van der Waals surface area contributed by atoms with Gasteiger partial charge in [-0.2, -0.15) is 0 Å². The number of hydrogen-bond donors (Lipinski definition) is 3. The van der Waals surface area contributed by atoms with Crippen LogP contribution in [0.3, 0.4) is 0 Å². The predicted molar refractivity (Wildman–Crippen MR) is 182 cm³/mol. The fourth-order valence-corrected chi connectivity index (χ4v) is 5.90. The van der Waals surface area contributed by atoms with Gasteiger partial charge in [-0.15, -0.1) is 0 Å². The molecule has 0 aliphatic carbocycles. The minimum Gasteiger partial charge on any atom is -0.445 e. The Balaban J connectivity index is 1.37. The summed E-state index contributed by atoms with van der Waals surface area (Å²) in [6.07, 6.45) is 3.54. The highest BCUT2D eigenvalue weighted by molar-refractivity contribution is 7.93. The third kappa shape index (κ3) is 12.1. The maximum Gasteiger partial charge on any atom is 0.407 e. The fourth-order valence-electron chi connectivity index (χ4n) is 5.43. The van der Waals surface area contributed by atoms with Crippen molar-refractivity contribution in [2.75, 3.05) is 25.9 Å². The van der Waals surface area contributed by atoms with E-state index < -0.39 is 45.9 Å². The van der Waals surface area contributed by atoms with Gasteiger partial charge >= 0.3 is 6.09 Å². The molecule has 4 rings (SSSR count). The largest absolute Gasteiger partial charge is 0.445 e. The van der Waals surface area contributed by atoms with Crippen LogP contribution in [0.25, 0.3) is 0 Å². The van der Waals surface area contributed by atoms with E-state index in [1.807, 2.05) is 91.0 Å². The van der Waals surface area contributed by atoms with Gasteiger partial charge < -0.3 is 20.3 Å². The van der Waals surface area contributed by atoms with Crippen LogP contribution in [0.4, 0.5) is 4.79 Å². The first-order valence-corrected chi connectivity index (χ1v) is 17.8. The molecule has 1 fully saturated rings. The summed E-state index contributed by atoms with van der Waals surface area (Å²) in [5.74, 6) is -1.05. The van der Waals surface area contributed by atoms with Gasteiger partial charge in [0.1, 0.15) is 13.2 Å². The zero-order valence-corrected chi connectivity index (χ0v) is 27.7. The molecular formula is C36H42N4O7S. The van der Waals surface area contributed by atoms with Crippen LogP contribution in [0, 0.1) is 0 Å². The first-order valence-electron chi connectivity index (χ1n) is 15.8. The summed E-state index contributed by atoms with van der Waals surface area (Å²) < 4.78 is 28.9. The molecule has 3 aromatic rings. The van der Waals surface area contributed by atoms with Crippen LogP contribution in [0.15, 0.2) is 102 Å². The first-order chi connectivity index (χ1) is 23.1. The molecule has 1 aliphatic rings. The van der Waals surface area contributed by atoms with E-state index in [2.05, 4.69) is 16.0 Å². The number of Topliss-reactive ketones (excluding diaryl/α,β-unsaturated/α-hetero) is 1. The number of nitrogens with zero attached hydrogens (tertiary/aromatic N) is 1. The van der Waals surface area contributed by atoms with Gasteiger partial charge in [0.05, 0.1) is 24.7 Å². The topological polar surface area (TPSA) is 151 Å². The van der Waals surface area contributed by atoms with E-state index in [9.17, 15) is 27.6 Å². The number of alkyl carbamates (subject to hydrolysis) is 1. The molecule has 48 heavy (non-hydrogen) atoms. The lowest BCUT2D eigenvalue weighted by molar-refractivity contribution is -0.136. The monoisotopic (exact) mass is 674 g/mol. The second-order valence-corrected chi connectivity index (χ2v) is 13.6. The quantitative estimate of drug-likeness (QED) is 0.210. The van der Waals surface area contributed by atoms with Gasteiger partial charge in [0, 0.05) is 18.2 Å². The van der Waals surface area contributed by atoms with Crippen molar-refractivity contribution in [3.05, 3.63) is 119 Å². The summed E-state index contributed by atoms with van der Waals surface area (Å²) >= 11 is 0. The Hall–Kier alpha value is -4.81. The van der Waals surface area contributed by atoms with Gasteiger partial charge in [0.25, 0.3) is 0 Å². The molecule has 3 amide bonds. The molecule has 11 nitrogen and oxygen atoms in total. The first kappa shape index (κ1) is 36.0. The molecule has 0 bridgehead atoms. The number of hydrogen-bond acceptors (Lipinski definition) is 8. The van der Waals surface area contributed by atoms with Gasteiger partial charge in [-0.25, -0.2) is 13.2 Å². The molecule has 254 valence electrons. The molecule has 12 heteroatoms. The van der Waals surface area contributed by atoms with Gasteiger partial charge in [-0.3, -0.25) is 19.7 Å². The van der Waals surface area contributed by atoms with Gasteiger partial charge in [-0.1, -0.05) is 97.1 Å². The minimum absolute atomic E-state index is 0.0656. The van der Waals surface area contributed by atoms with Crippen LogP contribution in [0.1, 0.15) is 29.5 Å². The molecular weight excluding hydrogens is 632 g/mol. The molecule has 3 N–H and O–H groups in total. The molecule has 3 aromatic carbocycles. The average molecular weight is 675 g/mol. The highest BCUT2D eigenvalue weighted by atomic mass is 32.2. The lowest BCUT2D eigenvalue weighted by atomic mass is 10.0. The average Bonchev–Trinajstić information content (AvgIpc) is 3.58. The molecule has 1 heterocycles. The van der Waals surface area contributed by atoms with E-state index in [1.165, 1.54) is 11.0 Å². The molecule has 0 aromatic heterocycles. The van der Waals surface area contributed by atoms with Crippen LogP contribution in [0.5, 0.6) is 0 Å². The molecule has 0 spiro atoms. The summed E-state index contributed by atoms with van der Waals surface area (Å²) in [7, 11) is -3.44. The molecule has 0 radical (unpaired) electrons. The van der Waals surface area contributed by atoms with E-state index in [0.29, 0.717) is 25.8 Å². The van der Waals surface area contributed by atoms with Gasteiger partial charge in [-0.05, 0) is 42.4 Å². The smallest absolute Gasteiger partial charge is 0.407 e. The Morgan fingerprint density at radius 1 is 0.854 bits per heavy atom. The van der Waals surface area contributed by atoms with Crippen LogP contribution in [0.2, 0.25) is 0 Å². The number of ether oxygens (including phenoxy) is 1. The van der Waals surface area contributed by atoms with E-state index in [-0.39, 0.29) is 31.9 Å². The Morgan fingerprint density at radius 2 is 1.44 bits per heavy atom. The summed E-state index contributed by atoms with van der Waals surface area (Å²) in [5.41, 5.74) is 2.59. The lowest BCUT2D eigenvalue weighted by Gasteiger charge is -2.26. The summed E-state index contributed by atoms with van der Waals surface area (Å²) in [5, 5.41) is 9.58. The molecule has 1 saturated heterocycles. The maximum atomic E-state index is 13.7. The normalized spacial score (nSPS) is 15.9. The van der Waals surface area contributed by atoms with Gasteiger partial charge in [0.15, 0.2) is 15.6 Å². The number of carbonyl (C=O) groups excluding carboxylic acids is 4. The van der Waals surface area contributed by atoms with Crippen molar-refractivity contribution in [3.63, 3.8) is 0 Å². The molecule has 3 atom stereocenters. The Labute approximate surface area is 281 Å². The molecule has 1 aliphatic heterocycles. The van der Waals surface area contributed by atoms with Crippen molar-refractivity contribution >= 4 is 33.5 Å². The van der Waals surface area contributed by atoms with Crippen molar-refractivity contribution in [2.45, 2.75) is 50.4 Å². The van der Waals surface area contributed by atoms with E-state index in [0.717, 1.165) is 28.4 Å². The lowest BCUT2D eigenvalue weighted by Crippen LogP contribution is -2.52. The third-order valence-corrected chi connectivity index (χ3v) is 8.50. The van der Waals surface area contributed by atoms with Gasteiger partial charge in [0.2, 0.25) is 11.8 Å².